The molecule has 184 valence electrons. The number of morpholine rings is 1. The van der Waals surface area contributed by atoms with Gasteiger partial charge in [0, 0.05) is 51.3 Å². The molecule has 33 heavy (non-hydrogen) atoms. The zero-order chi connectivity index (χ0) is 24.0. The molecule has 0 N–H and O–H groups in total. The molecule has 0 spiro atoms. The molecule has 0 atom stereocenters. The molecule has 0 aromatic heterocycles. The van der Waals surface area contributed by atoms with Crippen LogP contribution in [0.3, 0.4) is 0 Å². The molecular weight excluding hydrogens is 442 g/mol. The van der Waals surface area contributed by atoms with Crippen molar-refractivity contribution in [1.29, 1.82) is 0 Å². The summed E-state index contributed by atoms with van der Waals surface area (Å²) in [4.78, 5) is 29.6. The number of piperidine rings is 1. The fraction of sp³-hybridized carbons (Fsp3) is 0.667. The van der Waals surface area contributed by atoms with Crippen LogP contribution in [0, 0.1) is 5.92 Å². The number of hydrogen-bond donors (Lipinski definition) is 0. The minimum absolute atomic E-state index is 0.0596. The Bertz CT molecular complexity index is 935. The van der Waals surface area contributed by atoms with Crippen molar-refractivity contribution in [2.45, 2.75) is 50.8 Å². The SMILES string of the molecule is CCCCN(C)C(=O)C1CCN(C(=O)c2ccc(CC)c(S(=O)(=O)N3CCOCC3)c2)CC1. The van der Waals surface area contributed by atoms with Crippen molar-refractivity contribution in [2.75, 3.05) is 53.0 Å². The molecule has 1 aromatic rings. The first-order valence-corrected chi connectivity index (χ1v) is 13.5. The van der Waals surface area contributed by atoms with Crippen molar-refractivity contribution in [3.05, 3.63) is 29.3 Å². The number of hydrogen-bond acceptors (Lipinski definition) is 5. The summed E-state index contributed by atoms with van der Waals surface area (Å²) in [5.74, 6) is -0.0845. The zero-order valence-electron chi connectivity index (χ0n) is 20.1. The van der Waals surface area contributed by atoms with E-state index in [1.807, 2.05) is 14.0 Å². The molecule has 3 rings (SSSR count). The van der Waals surface area contributed by atoms with E-state index in [0.29, 0.717) is 69.8 Å². The second-order valence-corrected chi connectivity index (χ2v) is 10.8. The molecule has 0 unspecified atom stereocenters. The number of aryl methyl sites for hydroxylation is 1. The minimum atomic E-state index is -3.70. The van der Waals surface area contributed by atoms with Gasteiger partial charge in [0.2, 0.25) is 15.9 Å². The number of carbonyl (C=O) groups excluding carboxylic acids is 2. The maximum atomic E-state index is 13.3. The average Bonchev–Trinajstić information content (AvgIpc) is 2.86. The molecule has 2 aliphatic rings. The van der Waals surface area contributed by atoms with Crippen LogP contribution in [0.4, 0.5) is 0 Å². The van der Waals surface area contributed by atoms with Crippen LogP contribution in [-0.4, -0.2) is 87.3 Å². The Morgan fingerprint density at radius 2 is 1.76 bits per heavy atom. The molecule has 0 saturated carbocycles. The van der Waals surface area contributed by atoms with E-state index in [-0.39, 0.29) is 22.6 Å². The molecule has 1 aromatic carbocycles. The molecule has 2 amide bonds. The van der Waals surface area contributed by atoms with Crippen LogP contribution < -0.4 is 0 Å². The first-order valence-electron chi connectivity index (χ1n) is 12.0. The van der Waals surface area contributed by atoms with Crippen LogP contribution in [0.1, 0.15) is 55.5 Å². The third-order valence-corrected chi connectivity index (χ3v) is 8.62. The third-order valence-electron chi connectivity index (χ3n) is 6.64. The largest absolute Gasteiger partial charge is 0.379 e. The number of amides is 2. The lowest BCUT2D eigenvalue weighted by molar-refractivity contribution is -0.135. The molecule has 8 nitrogen and oxygen atoms in total. The van der Waals surface area contributed by atoms with Crippen LogP contribution in [0.5, 0.6) is 0 Å². The molecule has 0 aliphatic carbocycles. The first kappa shape index (κ1) is 25.6. The average molecular weight is 480 g/mol. The zero-order valence-corrected chi connectivity index (χ0v) is 20.9. The van der Waals surface area contributed by atoms with E-state index >= 15 is 0 Å². The highest BCUT2D eigenvalue weighted by Gasteiger charge is 2.32. The van der Waals surface area contributed by atoms with Crippen LogP contribution in [0.2, 0.25) is 0 Å². The monoisotopic (exact) mass is 479 g/mol. The second-order valence-electron chi connectivity index (χ2n) is 8.87. The molecule has 0 bridgehead atoms. The van der Waals surface area contributed by atoms with Gasteiger partial charge in [0.25, 0.3) is 5.91 Å². The van der Waals surface area contributed by atoms with Crippen LogP contribution in [0.15, 0.2) is 23.1 Å². The summed E-state index contributed by atoms with van der Waals surface area (Å²) < 4.78 is 33.3. The number of unbranched alkanes of at least 4 members (excludes halogenated alkanes) is 1. The number of rotatable bonds is 8. The highest BCUT2D eigenvalue weighted by Crippen LogP contribution is 2.26. The Labute approximate surface area is 197 Å². The van der Waals surface area contributed by atoms with Crippen molar-refractivity contribution >= 4 is 21.8 Å². The fourth-order valence-electron chi connectivity index (χ4n) is 4.48. The van der Waals surface area contributed by atoms with Gasteiger partial charge in [-0.15, -0.1) is 0 Å². The predicted molar refractivity (Wildman–Crippen MR) is 127 cm³/mol. The smallest absolute Gasteiger partial charge is 0.253 e. The number of nitrogens with zero attached hydrogens (tertiary/aromatic N) is 3. The van der Waals surface area contributed by atoms with Crippen LogP contribution in [0.25, 0.3) is 0 Å². The maximum absolute atomic E-state index is 13.3. The van der Waals surface area contributed by atoms with E-state index in [2.05, 4.69) is 6.92 Å². The minimum Gasteiger partial charge on any atom is -0.379 e. The highest BCUT2D eigenvalue weighted by molar-refractivity contribution is 7.89. The van der Waals surface area contributed by atoms with Gasteiger partial charge in [0.05, 0.1) is 18.1 Å². The van der Waals surface area contributed by atoms with Gasteiger partial charge in [0.1, 0.15) is 0 Å². The Morgan fingerprint density at radius 3 is 2.36 bits per heavy atom. The van der Waals surface area contributed by atoms with E-state index in [0.717, 1.165) is 19.4 Å². The number of carbonyl (C=O) groups is 2. The Balaban J connectivity index is 1.71. The van der Waals surface area contributed by atoms with E-state index in [9.17, 15) is 18.0 Å². The molecular formula is C24H37N3O5S. The summed E-state index contributed by atoms with van der Waals surface area (Å²) in [6, 6.07) is 5.00. The van der Waals surface area contributed by atoms with Gasteiger partial charge in [-0.1, -0.05) is 26.3 Å². The normalized spacial score (nSPS) is 18.3. The van der Waals surface area contributed by atoms with E-state index in [4.69, 9.17) is 4.74 Å². The quantitative estimate of drug-likeness (QED) is 0.571. The predicted octanol–water partition coefficient (Wildman–Crippen LogP) is 2.38. The van der Waals surface area contributed by atoms with Crippen molar-refractivity contribution in [3.63, 3.8) is 0 Å². The van der Waals surface area contributed by atoms with Crippen LogP contribution in [-0.2, 0) is 26.0 Å². The van der Waals surface area contributed by atoms with Gasteiger partial charge in [-0.05, 0) is 43.4 Å². The summed E-state index contributed by atoms with van der Waals surface area (Å²) in [5, 5.41) is 0. The molecule has 2 aliphatic heterocycles. The number of ether oxygens (including phenoxy) is 1. The lowest BCUT2D eigenvalue weighted by Gasteiger charge is -2.33. The maximum Gasteiger partial charge on any atom is 0.253 e. The Kier molecular flexibility index (Phi) is 8.89. The lowest BCUT2D eigenvalue weighted by Crippen LogP contribution is -2.44. The summed E-state index contributed by atoms with van der Waals surface area (Å²) in [7, 11) is -1.85. The molecule has 2 saturated heterocycles. The fourth-order valence-corrected chi connectivity index (χ4v) is 6.20. The van der Waals surface area contributed by atoms with E-state index in [1.165, 1.54) is 10.4 Å². The molecule has 2 fully saturated rings. The third kappa shape index (κ3) is 5.94. The number of likely N-dealkylation sites (tertiary alicyclic amines) is 1. The first-order chi connectivity index (χ1) is 15.8. The lowest BCUT2D eigenvalue weighted by atomic mass is 9.94. The van der Waals surface area contributed by atoms with E-state index < -0.39 is 10.0 Å². The number of benzene rings is 1. The van der Waals surface area contributed by atoms with Gasteiger partial charge in [-0.2, -0.15) is 4.31 Å². The Morgan fingerprint density at radius 1 is 1.09 bits per heavy atom. The topological polar surface area (TPSA) is 87.2 Å². The molecule has 2 heterocycles. The van der Waals surface area contributed by atoms with Crippen LogP contribution >= 0.6 is 0 Å². The summed E-state index contributed by atoms with van der Waals surface area (Å²) in [6.45, 7) is 7.16. The highest BCUT2D eigenvalue weighted by atomic mass is 32.2. The summed E-state index contributed by atoms with van der Waals surface area (Å²) in [6.07, 6.45) is 3.86. The molecule has 9 heteroatoms. The van der Waals surface area contributed by atoms with Gasteiger partial charge >= 0.3 is 0 Å². The Hall–Kier alpha value is -1.97. The van der Waals surface area contributed by atoms with Gasteiger partial charge < -0.3 is 14.5 Å². The van der Waals surface area contributed by atoms with Crippen molar-refractivity contribution in [1.82, 2.24) is 14.1 Å². The van der Waals surface area contributed by atoms with Gasteiger partial charge in [0.15, 0.2) is 0 Å². The van der Waals surface area contributed by atoms with Crippen molar-refractivity contribution in [3.8, 4) is 0 Å². The van der Waals surface area contributed by atoms with E-state index in [1.54, 1.807) is 21.9 Å². The van der Waals surface area contributed by atoms with Gasteiger partial charge in [-0.3, -0.25) is 9.59 Å². The summed E-state index contributed by atoms with van der Waals surface area (Å²) in [5.41, 5.74) is 1.08. The second kappa shape index (κ2) is 11.4. The van der Waals surface area contributed by atoms with Gasteiger partial charge in [-0.25, -0.2) is 8.42 Å². The molecule has 0 radical (unpaired) electrons. The van der Waals surface area contributed by atoms with Crippen molar-refractivity contribution in [2.24, 2.45) is 5.92 Å². The summed E-state index contributed by atoms with van der Waals surface area (Å²) >= 11 is 0. The number of sulfonamides is 1. The van der Waals surface area contributed by atoms with Crippen molar-refractivity contribution < 1.29 is 22.7 Å². The standard InChI is InChI=1S/C24H37N3O5S/c1-4-6-11-25(3)23(28)20-9-12-26(13-10-20)24(29)21-8-7-19(5-2)22(18-21)33(30,31)27-14-16-32-17-15-27/h7-8,18,20H,4-6,9-17H2,1-3H3.